The lowest BCUT2D eigenvalue weighted by Crippen LogP contribution is -2.29. The van der Waals surface area contributed by atoms with Crippen molar-refractivity contribution >= 4 is 21.4 Å². The molecule has 1 rings (SSSR count). The van der Waals surface area contributed by atoms with Crippen molar-refractivity contribution < 1.29 is 12.8 Å². The second-order valence-corrected chi connectivity index (χ2v) is 6.17. The van der Waals surface area contributed by atoms with E-state index in [1.807, 2.05) is 6.92 Å². The Labute approximate surface area is 108 Å². The van der Waals surface area contributed by atoms with Gasteiger partial charge in [-0.2, -0.15) is 0 Å². The highest BCUT2D eigenvalue weighted by Crippen LogP contribution is 2.25. The van der Waals surface area contributed by atoms with Crippen molar-refractivity contribution in [2.24, 2.45) is 0 Å². The van der Waals surface area contributed by atoms with Crippen LogP contribution in [0.4, 0.5) is 15.8 Å². The summed E-state index contributed by atoms with van der Waals surface area (Å²) < 4.78 is 38.6. The monoisotopic (exact) mass is 274 g/mol. The number of halogens is 1. The first-order valence-corrected chi connectivity index (χ1v) is 7.47. The van der Waals surface area contributed by atoms with Crippen LogP contribution in [0, 0.1) is 5.82 Å². The van der Waals surface area contributed by atoms with Crippen molar-refractivity contribution in [1.82, 2.24) is 0 Å². The van der Waals surface area contributed by atoms with Gasteiger partial charge in [0, 0.05) is 19.8 Å². The van der Waals surface area contributed by atoms with Crippen LogP contribution in [0.15, 0.2) is 18.2 Å². The van der Waals surface area contributed by atoms with Gasteiger partial charge in [-0.05, 0) is 24.6 Å². The fraction of sp³-hybridized carbons (Fsp3) is 0.500. The van der Waals surface area contributed by atoms with Crippen molar-refractivity contribution in [3.05, 3.63) is 24.0 Å². The van der Waals surface area contributed by atoms with E-state index in [4.69, 9.17) is 0 Å². The molecule has 4 nitrogen and oxygen atoms in total. The van der Waals surface area contributed by atoms with E-state index < -0.39 is 15.8 Å². The lowest BCUT2D eigenvalue weighted by molar-refractivity contribution is 0.586. The molecule has 1 N–H and O–H groups in total. The highest BCUT2D eigenvalue weighted by Gasteiger charge is 2.20. The highest BCUT2D eigenvalue weighted by atomic mass is 32.2. The summed E-state index contributed by atoms with van der Waals surface area (Å²) in [4.78, 5) is 0. The second-order valence-electron chi connectivity index (χ2n) is 4.05. The second kappa shape index (κ2) is 6.04. The summed E-state index contributed by atoms with van der Waals surface area (Å²) >= 11 is 0. The fourth-order valence-corrected chi connectivity index (χ4v) is 2.89. The van der Waals surface area contributed by atoms with Crippen molar-refractivity contribution in [1.29, 1.82) is 0 Å². The zero-order valence-electron chi connectivity index (χ0n) is 10.9. The summed E-state index contributed by atoms with van der Waals surface area (Å²) in [6.07, 6.45) is 1.35. The number of anilines is 2. The minimum Gasteiger partial charge on any atom is -0.388 e. The molecular formula is C12H19FN2O2S. The van der Waals surface area contributed by atoms with Gasteiger partial charge in [0.05, 0.1) is 11.4 Å². The van der Waals surface area contributed by atoms with Gasteiger partial charge in [-0.25, -0.2) is 12.8 Å². The Hall–Kier alpha value is -1.30. The van der Waals surface area contributed by atoms with Crippen LogP contribution in [0.2, 0.25) is 0 Å². The molecule has 18 heavy (non-hydrogen) atoms. The molecule has 0 amide bonds. The average molecular weight is 274 g/mol. The molecule has 0 bridgehead atoms. The van der Waals surface area contributed by atoms with E-state index in [-0.39, 0.29) is 11.4 Å². The van der Waals surface area contributed by atoms with Crippen LogP contribution in [-0.4, -0.2) is 28.3 Å². The van der Waals surface area contributed by atoms with Crippen LogP contribution in [0.5, 0.6) is 0 Å². The predicted octanol–water partition coefficient (Wildman–Crippen LogP) is 2.43. The normalized spacial score (nSPS) is 11.3. The largest absolute Gasteiger partial charge is 0.388 e. The molecule has 0 aliphatic heterocycles. The molecule has 0 saturated carbocycles. The van der Waals surface area contributed by atoms with E-state index in [2.05, 4.69) is 5.32 Å². The Balaban J connectivity index is 3.06. The molecular weight excluding hydrogens is 255 g/mol. The summed E-state index contributed by atoms with van der Waals surface area (Å²) in [6.45, 7) is 1.91. The van der Waals surface area contributed by atoms with Gasteiger partial charge in [0.2, 0.25) is 10.0 Å². The third-order valence-electron chi connectivity index (χ3n) is 2.75. The maximum Gasteiger partial charge on any atom is 0.234 e. The third-order valence-corrected chi connectivity index (χ3v) is 4.58. The number of unbranched alkanes of at least 4 members (excludes halogenated alkanes) is 1. The standard InChI is InChI=1S/C12H19FN2O2S/c1-4-5-8-18(16,17)15(3)12-9-10(14-2)6-7-11(12)13/h6-7,9,14H,4-5,8H2,1-3H3. The van der Waals surface area contributed by atoms with Crippen LogP contribution in [-0.2, 0) is 10.0 Å². The Morgan fingerprint density at radius 2 is 2.06 bits per heavy atom. The van der Waals surface area contributed by atoms with Gasteiger partial charge < -0.3 is 5.32 Å². The molecule has 0 spiro atoms. The Kier molecular flexibility index (Phi) is 4.95. The van der Waals surface area contributed by atoms with E-state index in [0.717, 1.165) is 10.7 Å². The number of nitrogens with one attached hydrogen (secondary N) is 1. The minimum atomic E-state index is -3.46. The van der Waals surface area contributed by atoms with Crippen molar-refractivity contribution in [3.63, 3.8) is 0 Å². The first-order chi connectivity index (χ1) is 8.42. The van der Waals surface area contributed by atoms with Crippen LogP contribution in [0.3, 0.4) is 0 Å². The molecule has 1 aromatic rings. The van der Waals surface area contributed by atoms with Gasteiger partial charge in [-0.1, -0.05) is 13.3 Å². The molecule has 0 aromatic heterocycles. The molecule has 0 heterocycles. The Morgan fingerprint density at radius 3 is 2.61 bits per heavy atom. The topological polar surface area (TPSA) is 49.4 Å². The van der Waals surface area contributed by atoms with Crippen LogP contribution >= 0.6 is 0 Å². The number of nitrogens with zero attached hydrogens (tertiary/aromatic N) is 1. The van der Waals surface area contributed by atoms with Crippen molar-refractivity contribution in [3.8, 4) is 0 Å². The van der Waals surface area contributed by atoms with Gasteiger partial charge in [-0.15, -0.1) is 0 Å². The Morgan fingerprint density at radius 1 is 1.39 bits per heavy atom. The number of hydrogen-bond acceptors (Lipinski definition) is 3. The van der Waals surface area contributed by atoms with Gasteiger partial charge in [-0.3, -0.25) is 4.31 Å². The molecule has 0 fully saturated rings. The first-order valence-electron chi connectivity index (χ1n) is 5.86. The number of rotatable bonds is 6. The van der Waals surface area contributed by atoms with E-state index >= 15 is 0 Å². The lowest BCUT2D eigenvalue weighted by Gasteiger charge is -2.20. The van der Waals surface area contributed by atoms with Crippen LogP contribution < -0.4 is 9.62 Å². The van der Waals surface area contributed by atoms with E-state index in [9.17, 15) is 12.8 Å². The van der Waals surface area contributed by atoms with Gasteiger partial charge in [0.25, 0.3) is 0 Å². The molecule has 102 valence electrons. The Bertz CT molecular complexity index is 503. The molecule has 1 aromatic carbocycles. The number of benzene rings is 1. The van der Waals surface area contributed by atoms with Crippen LogP contribution in [0.1, 0.15) is 19.8 Å². The zero-order valence-corrected chi connectivity index (χ0v) is 11.7. The summed E-state index contributed by atoms with van der Waals surface area (Å²) in [5.74, 6) is -0.514. The van der Waals surface area contributed by atoms with Gasteiger partial charge in [0.1, 0.15) is 5.82 Å². The van der Waals surface area contributed by atoms with Gasteiger partial charge in [0.15, 0.2) is 0 Å². The van der Waals surface area contributed by atoms with Crippen molar-refractivity contribution in [2.45, 2.75) is 19.8 Å². The smallest absolute Gasteiger partial charge is 0.234 e. The van der Waals surface area contributed by atoms with E-state index in [1.54, 1.807) is 13.1 Å². The summed E-state index contributed by atoms with van der Waals surface area (Å²) in [5.41, 5.74) is 0.738. The summed E-state index contributed by atoms with van der Waals surface area (Å²) in [6, 6.07) is 4.30. The van der Waals surface area contributed by atoms with Gasteiger partial charge >= 0.3 is 0 Å². The molecule has 0 aliphatic rings. The highest BCUT2D eigenvalue weighted by molar-refractivity contribution is 7.92. The maximum absolute atomic E-state index is 13.7. The third kappa shape index (κ3) is 3.35. The summed E-state index contributed by atoms with van der Waals surface area (Å²) in [5, 5.41) is 2.86. The number of hydrogen-bond donors (Lipinski definition) is 1. The van der Waals surface area contributed by atoms with E-state index in [0.29, 0.717) is 12.1 Å². The fourth-order valence-electron chi connectivity index (χ4n) is 1.52. The predicted molar refractivity (Wildman–Crippen MR) is 73.0 cm³/mol. The average Bonchev–Trinajstić information content (AvgIpc) is 2.36. The molecule has 0 aliphatic carbocycles. The lowest BCUT2D eigenvalue weighted by atomic mass is 10.2. The molecule has 0 radical (unpaired) electrons. The molecule has 0 saturated heterocycles. The molecule has 6 heteroatoms. The maximum atomic E-state index is 13.7. The first kappa shape index (κ1) is 14.8. The SMILES string of the molecule is CCCCS(=O)(=O)N(C)c1cc(NC)ccc1F. The van der Waals surface area contributed by atoms with Crippen LogP contribution in [0.25, 0.3) is 0 Å². The quantitative estimate of drug-likeness (QED) is 0.866. The number of sulfonamides is 1. The zero-order chi connectivity index (χ0) is 13.8. The minimum absolute atomic E-state index is 0.0310. The molecule has 0 unspecified atom stereocenters. The molecule has 0 atom stereocenters. The van der Waals surface area contributed by atoms with Crippen molar-refractivity contribution in [2.75, 3.05) is 29.5 Å². The van der Waals surface area contributed by atoms with E-state index in [1.165, 1.54) is 19.2 Å². The summed E-state index contributed by atoms with van der Waals surface area (Å²) in [7, 11) is -0.383.